The Morgan fingerprint density at radius 3 is 2.67 bits per heavy atom. The monoisotopic (exact) mass is 208 g/mol. The molecular formula is C11H16N2O2. The molecule has 0 unspecified atom stereocenters. The molecule has 1 rings (SSSR count). The molecule has 0 aliphatic carbocycles. The first-order chi connectivity index (χ1) is 7.19. The van der Waals surface area contributed by atoms with E-state index in [0.29, 0.717) is 23.7 Å². The average Bonchev–Trinajstić information content (AvgIpc) is 2.25. The van der Waals surface area contributed by atoms with E-state index in [0.717, 1.165) is 6.42 Å². The van der Waals surface area contributed by atoms with Crippen LogP contribution in [0.5, 0.6) is 11.5 Å². The summed E-state index contributed by atoms with van der Waals surface area (Å²) < 4.78 is 10.6. The fourth-order valence-corrected chi connectivity index (χ4v) is 1.17. The lowest BCUT2D eigenvalue weighted by molar-refractivity contribution is 0.294. The molecule has 0 aromatic heterocycles. The smallest absolute Gasteiger partial charge is 0.161 e. The quantitative estimate of drug-likeness (QED) is 0.572. The highest BCUT2D eigenvalue weighted by atomic mass is 16.5. The zero-order chi connectivity index (χ0) is 11.3. The van der Waals surface area contributed by atoms with Crippen molar-refractivity contribution in [3.8, 4) is 11.5 Å². The molecule has 1 aromatic carbocycles. The standard InChI is InChI=1S/C11H16N2O2/c1-3-6-15-9-5-4-8(11(12)13)7-10(9)14-2/h4-5,7H,3,6H2,1-2H3,(H3,12,13). The Labute approximate surface area is 89.5 Å². The zero-order valence-electron chi connectivity index (χ0n) is 9.04. The minimum Gasteiger partial charge on any atom is -0.493 e. The second-order valence-corrected chi connectivity index (χ2v) is 3.13. The van der Waals surface area contributed by atoms with Crippen LogP contribution < -0.4 is 15.2 Å². The van der Waals surface area contributed by atoms with E-state index in [1.807, 2.05) is 6.92 Å². The molecule has 0 spiro atoms. The van der Waals surface area contributed by atoms with Crippen molar-refractivity contribution in [2.24, 2.45) is 5.73 Å². The molecule has 0 aliphatic rings. The van der Waals surface area contributed by atoms with Crippen LogP contribution in [0.15, 0.2) is 18.2 Å². The summed E-state index contributed by atoms with van der Waals surface area (Å²) in [5.74, 6) is 1.32. The average molecular weight is 208 g/mol. The van der Waals surface area contributed by atoms with Gasteiger partial charge in [-0.05, 0) is 24.6 Å². The number of benzene rings is 1. The number of amidine groups is 1. The normalized spacial score (nSPS) is 9.73. The summed E-state index contributed by atoms with van der Waals surface area (Å²) in [6.07, 6.45) is 0.942. The van der Waals surface area contributed by atoms with E-state index in [4.69, 9.17) is 20.6 Å². The Kier molecular flexibility index (Phi) is 3.97. The van der Waals surface area contributed by atoms with Gasteiger partial charge in [-0.1, -0.05) is 6.92 Å². The summed E-state index contributed by atoms with van der Waals surface area (Å²) in [5, 5.41) is 7.30. The first-order valence-corrected chi connectivity index (χ1v) is 4.84. The molecule has 0 radical (unpaired) electrons. The second-order valence-electron chi connectivity index (χ2n) is 3.13. The summed E-state index contributed by atoms with van der Waals surface area (Å²) in [4.78, 5) is 0. The SMILES string of the molecule is CCCOc1ccc(C(=N)N)cc1OC. The van der Waals surface area contributed by atoms with Crippen LogP contribution in [-0.2, 0) is 0 Å². The van der Waals surface area contributed by atoms with E-state index in [1.54, 1.807) is 25.3 Å². The number of nitrogens with one attached hydrogen (secondary N) is 1. The number of hydrogen-bond acceptors (Lipinski definition) is 3. The number of ether oxygens (including phenoxy) is 2. The minimum absolute atomic E-state index is 0.0235. The Balaban J connectivity index is 2.93. The molecule has 0 bridgehead atoms. The summed E-state index contributed by atoms with van der Waals surface area (Å²) in [6.45, 7) is 2.69. The summed E-state index contributed by atoms with van der Waals surface area (Å²) in [7, 11) is 1.57. The van der Waals surface area contributed by atoms with Crippen molar-refractivity contribution in [3.05, 3.63) is 23.8 Å². The molecule has 15 heavy (non-hydrogen) atoms. The van der Waals surface area contributed by atoms with Gasteiger partial charge in [0.25, 0.3) is 0 Å². The maximum absolute atomic E-state index is 7.30. The van der Waals surface area contributed by atoms with Crippen LogP contribution in [-0.4, -0.2) is 19.6 Å². The number of nitrogen functional groups attached to an aromatic ring is 1. The van der Waals surface area contributed by atoms with Crippen molar-refractivity contribution < 1.29 is 9.47 Å². The topological polar surface area (TPSA) is 68.3 Å². The van der Waals surface area contributed by atoms with Crippen LogP contribution in [0.25, 0.3) is 0 Å². The third-order valence-corrected chi connectivity index (χ3v) is 1.94. The van der Waals surface area contributed by atoms with E-state index in [1.165, 1.54) is 0 Å². The lowest BCUT2D eigenvalue weighted by atomic mass is 10.2. The number of nitrogens with two attached hydrogens (primary N) is 1. The van der Waals surface area contributed by atoms with E-state index >= 15 is 0 Å². The number of hydrogen-bond donors (Lipinski definition) is 2. The lowest BCUT2D eigenvalue weighted by Crippen LogP contribution is -2.11. The number of rotatable bonds is 5. The highest BCUT2D eigenvalue weighted by Gasteiger charge is 2.06. The van der Waals surface area contributed by atoms with Crippen LogP contribution >= 0.6 is 0 Å². The predicted octanol–water partition coefficient (Wildman–Crippen LogP) is 1.77. The van der Waals surface area contributed by atoms with Crippen LogP contribution in [0, 0.1) is 5.41 Å². The van der Waals surface area contributed by atoms with E-state index in [2.05, 4.69) is 0 Å². The fraction of sp³-hybridized carbons (Fsp3) is 0.364. The van der Waals surface area contributed by atoms with Gasteiger partial charge in [0.2, 0.25) is 0 Å². The van der Waals surface area contributed by atoms with Gasteiger partial charge in [-0.2, -0.15) is 0 Å². The van der Waals surface area contributed by atoms with Gasteiger partial charge < -0.3 is 15.2 Å². The van der Waals surface area contributed by atoms with Gasteiger partial charge in [0.15, 0.2) is 11.5 Å². The molecule has 3 N–H and O–H groups in total. The largest absolute Gasteiger partial charge is 0.493 e. The molecule has 0 amide bonds. The van der Waals surface area contributed by atoms with Gasteiger partial charge in [-0.15, -0.1) is 0 Å². The molecule has 82 valence electrons. The second kappa shape index (κ2) is 5.24. The van der Waals surface area contributed by atoms with Crippen molar-refractivity contribution >= 4 is 5.84 Å². The molecule has 0 fully saturated rings. The minimum atomic E-state index is 0.0235. The maximum Gasteiger partial charge on any atom is 0.161 e. The van der Waals surface area contributed by atoms with Crippen molar-refractivity contribution in [2.75, 3.05) is 13.7 Å². The fourth-order valence-electron chi connectivity index (χ4n) is 1.17. The first kappa shape index (κ1) is 11.4. The van der Waals surface area contributed by atoms with E-state index in [9.17, 15) is 0 Å². The third kappa shape index (κ3) is 2.87. The van der Waals surface area contributed by atoms with Crippen LogP contribution in [0.4, 0.5) is 0 Å². The Morgan fingerprint density at radius 1 is 1.40 bits per heavy atom. The van der Waals surface area contributed by atoms with Crippen LogP contribution in [0.1, 0.15) is 18.9 Å². The zero-order valence-corrected chi connectivity index (χ0v) is 9.04. The van der Waals surface area contributed by atoms with Crippen molar-refractivity contribution in [2.45, 2.75) is 13.3 Å². The van der Waals surface area contributed by atoms with Gasteiger partial charge in [0.1, 0.15) is 5.84 Å². The van der Waals surface area contributed by atoms with Crippen LogP contribution in [0.2, 0.25) is 0 Å². The highest BCUT2D eigenvalue weighted by Crippen LogP contribution is 2.27. The summed E-state index contributed by atoms with van der Waals surface area (Å²) in [5.41, 5.74) is 6.01. The molecule has 4 nitrogen and oxygen atoms in total. The Morgan fingerprint density at radius 2 is 2.13 bits per heavy atom. The predicted molar refractivity (Wildman–Crippen MR) is 59.8 cm³/mol. The van der Waals surface area contributed by atoms with Crippen molar-refractivity contribution in [3.63, 3.8) is 0 Å². The number of methoxy groups -OCH3 is 1. The van der Waals surface area contributed by atoms with Gasteiger partial charge in [0.05, 0.1) is 13.7 Å². The summed E-state index contributed by atoms with van der Waals surface area (Å²) >= 11 is 0. The maximum atomic E-state index is 7.30. The van der Waals surface area contributed by atoms with Gasteiger partial charge in [-0.25, -0.2) is 0 Å². The Bertz CT molecular complexity index is 350. The lowest BCUT2D eigenvalue weighted by Gasteiger charge is -2.10. The third-order valence-electron chi connectivity index (χ3n) is 1.94. The molecule has 0 saturated carbocycles. The Hall–Kier alpha value is -1.71. The summed E-state index contributed by atoms with van der Waals surface area (Å²) in [6, 6.07) is 5.22. The molecule has 0 heterocycles. The van der Waals surface area contributed by atoms with Crippen molar-refractivity contribution in [1.82, 2.24) is 0 Å². The van der Waals surface area contributed by atoms with E-state index < -0.39 is 0 Å². The molecule has 0 saturated heterocycles. The van der Waals surface area contributed by atoms with E-state index in [-0.39, 0.29) is 5.84 Å². The molecule has 0 atom stereocenters. The molecule has 1 aromatic rings. The van der Waals surface area contributed by atoms with Crippen LogP contribution in [0.3, 0.4) is 0 Å². The molecule has 0 aliphatic heterocycles. The molecule has 4 heteroatoms. The molecular weight excluding hydrogens is 192 g/mol. The van der Waals surface area contributed by atoms with Gasteiger partial charge >= 0.3 is 0 Å². The first-order valence-electron chi connectivity index (χ1n) is 4.84. The highest BCUT2D eigenvalue weighted by molar-refractivity contribution is 5.95. The van der Waals surface area contributed by atoms with Gasteiger partial charge in [-0.3, -0.25) is 5.41 Å². The van der Waals surface area contributed by atoms with Gasteiger partial charge in [0, 0.05) is 5.56 Å². The van der Waals surface area contributed by atoms with Crippen molar-refractivity contribution in [1.29, 1.82) is 5.41 Å².